The van der Waals surface area contributed by atoms with E-state index in [0.29, 0.717) is 35.0 Å². The van der Waals surface area contributed by atoms with Gasteiger partial charge in [-0.2, -0.15) is 4.98 Å². The van der Waals surface area contributed by atoms with Crippen molar-refractivity contribution in [2.45, 2.75) is 13.5 Å². The lowest BCUT2D eigenvalue weighted by atomic mass is 10.1. The number of benzene rings is 1. The van der Waals surface area contributed by atoms with Crippen LogP contribution in [0.25, 0.3) is 17.0 Å². The van der Waals surface area contributed by atoms with Crippen LogP contribution in [0.15, 0.2) is 53.3 Å². The van der Waals surface area contributed by atoms with Crippen LogP contribution in [0.1, 0.15) is 21.9 Å². The number of anilines is 1. The summed E-state index contributed by atoms with van der Waals surface area (Å²) in [6.07, 6.45) is 2.70. The molecule has 0 bridgehead atoms. The Labute approximate surface area is 188 Å². The molecule has 170 valence electrons. The molecule has 0 fully saturated rings. The number of fused-ring (bicyclic) bond motifs is 1. The highest BCUT2D eigenvalue weighted by molar-refractivity contribution is 6.04. The third-order valence-corrected chi connectivity index (χ3v) is 4.77. The van der Waals surface area contributed by atoms with E-state index in [-0.39, 0.29) is 24.9 Å². The minimum absolute atomic E-state index is 0.0164. The smallest absolute Gasteiger partial charge is 0.407 e. The number of nitrogens with one attached hydrogen (secondary N) is 2. The molecule has 2 amide bonds. The molecule has 3 aromatic heterocycles. The predicted octanol–water partition coefficient (Wildman–Crippen LogP) is 2.82. The number of hydrogen-bond acceptors (Lipinski definition) is 8. The largest absolute Gasteiger partial charge is 0.447 e. The van der Waals surface area contributed by atoms with E-state index in [9.17, 15) is 9.59 Å². The van der Waals surface area contributed by atoms with Gasteiger partial charge < -0.3 is 24.6 Å². The number of pyridine rings is 1. The monoisotopic (exact) mass is 450 g/mol. The highest BCUT2D eigenvalue weighted by Gasteiger charge is 2.15. The van der Waals surface area contributed by atoms with Crippen molar-refractivity contribution in [2.24, 2.45) is 0 Å². The summed E-state index contributed by atoms with van der Waals surface area (Å²) >= 11 is 0. The quantitative estimate of drug-likeness (QED) is 0.392. The molecule has 4 rings (SSSR count). The first-order valence-electron chi connectivity index (χ1n) is 10.1. The summed E-state index contributed by atoms with van der Waals surface area (Å²) in [4.78, 5) is 33.0. The molecule has 0 saturated carbocycles. The fourth-order valence-corrected chi connectivity index (χ4v) is 3.04. The van der Waals surface area contributed by atoms with Crippen molar-refractivity contribution in [3.63, 3.8) is 0 Å². The van der Waals surface area contributed by atoms with Crippen molar-refractivity contribution in [1.29, 1.82) is 0 Å². The van der Waals surface area contributed by atoms with Crippen molar-refractivity contribution in [3.05, 3.63) is 65.9 Å². The molecule has 0 aliphatic carbocycles. The number of aryl methyl sites for hydroxylation is 1. The number of nitrogens with zero attached hydrogens (tertiary/aromatic N) is 4. The van der Waals surface area contributed by atoms with Crippen LogP contribution in [-0.2, 0) is 16.0 Å². The summed E-state index contributed by atoms with van der Waals surface area (Å²) < 4.78 is 16.6. The van der Waals surface area contributed by atoms with Crippen LogP contribution in [0.2, 0.25) is 0 Å². The lowest BCUT2D eigenvalue weighted by molar-refractivity contribution is 0.0976. The van der Waals surface area contributed by atoms with Gasteiger partial charge in [-0.05, 0) is 30.7 Å². The standard InChI is InChI=1S/C22H22N6O5/c1-14-6-7-15(20-26-19(33-27-20)13-24-22(30)32-10-9-31-2)11-16(14)25-21(29)17-12-23-18-5-3-4-8-28(17)18/h3-8,11-12H,9-10,13H2,1-2H3,(H,24,30)(H,25,29). The molecular weight excluding hydrogens is 428 g/mol. The Hall–Kier alpha value is -4.25. The van der Waals surface area contributed by atoms with Gasteiger partial charge in [0.1, 0.15) is 24.5 Å². The third kappa shape index (κ3) is 5.15. The summed E-state index contributed by atoms with van der Waals surface area (Å²) in [5.74, 6) is 0.245. The maximum absolute atomic E-state index is 12.9. The Balaban J connectivity index is 1.44. The van der Waals surface area contributed by atoms with Crippen LogP contribution in [0, 0.1) is 6.92 Å². The van der Waals surface area contributed by atoms with Crippen molar-refractivity contribution in [1.82, 2.24) is 24.8 Å². The first-order valence-corrected chi connectivity index (χ1v) is 10.1. The Kier molecular flexibility index (Phi) is 6.60. The average Bonchev–Trinajstić information content (AvgIpc) is 3.47. The van der Waals surface area contributed by atoms with Crippen LogP contribution in [0.3, 0.4) is 0 Å². The van der Waals surface area contributed by atoms with Gasteiger partial charge in [0.25, 0.3) is 5.91 Å². The molecule has 1 aromatic carbocycles. The number of carbonyl (C=O) groups excluding carboxylic acids is 2. The predicted molar refractivity (Wildman–Crippen MR) is 118 cm³/mol. The highest BCUT2D eigenvalue weighted by atomic mass is 16.6. The zero-order chi connectivity index (χ0) is 23.2. The number of hydrogen-bond donors (Lipinski definition) is 2. The zero-order valence-corrected chi connectivity index (χ0v) is 18.1. The van der Waals surface area contributed by atoms with Crippen LogP contribution in [-0.4, -0.2) is 51.8 Å². The van der Waals surface area contributed by atoms with Gasteiger partial charge in [0.2, 0.25) is 11.7 Å². The molecule has 0 unspecified atom stereocenters. The second-order valence-electron chi connectivity index (χ2n) is 7.05. The van der Waals surface area contributed by atoms with Gasteiger partial charge in [-0.1, -0.05) is 23.4 Å². The maximum Gasteiger partial charge on any atom is 0.407 e. The van der Waals surface area contributed by atoms with E-state index < -0.39 is 6.09 Å². The number of carbonyl (C=O) groups is 2. The molecule has 0 saturated heterocycles. The summed E-state index contributed by atoms with van der Waals surface area (Å²) in [6.45, 7) is 2.35. The van der Waals surface area contributed by atoms with Crippen molar-refractivity contribution >= 4 is 23.3 Å². The fourth-order valence-electron chi connectivity index (χ4n) is 3.04. The lowest BCUT2D eigenvalue weighted by Crippen LogP contribution is -2.25. The number of alkyl carbamates (subject to hydrolysis) is 1. The van der Waals surface area contributed by atoms with E-state index in [2.05, 4.69) is 25.8 Å². The Morgan fingerprint density at radius 2 is 2.06 bits per heavy atom. The number of ether oxygens (including phenoxy) is 2. The molecule has 2 N–H and O–H groups in total. The molecule has 11 heteroatoms. The third-order valence-electron chi connectivity index (χ3n) is 4.77. The van der Waals surface area contributed by atoms with Crippen molar-refractivity contribution in [2.75, 3.05) is 25.6 Å². The summed E-state index contributed by atoms with van der Waals surface area (Å²) in [5, 5.41) is 9.39. The van der Waals surface area contributed by atoms with E-state index >= 15 is 0 Å². The highest BCUT2D eigenvalue weighted by Crippen LogP contribution is 2.24. The van der Waals surface area contributed by atoms with Gasteiger partial charge >= 0.3 is 6.09 Å². The van der Waals surface area contributed by atoms with Gasteiger partial charge in [0, 0.05) is 24.6 Å². The van der Waals surface area contributed by atoms with Gasteiger partial charge in [0.05, 0.1) is 12.8 Å². The molecule has 0 atom stereocenters. The number of imidazole rings is 1. The Morgan fingerprint density at radius 3 is 2.91 bits per heavy atom. The van der Waals surface area contributed by atoms with Gasteiger partial charge in [-0.25, -0.2) is 9.78 Å². The molecule has 0 aliphatic rings. The van der Waals surface area contributed by atoms with Crippen molar-refractivity contribution < 1.29 is 23.6 Å². The first kappa shape index (κ1) is 22.0. The average molecular weight is 450 g/mol. The molecule has 33 heavy (non-hydrogen) atoms. The van der Waals surface area contributed by atoms with Gasteiger partial charge in [0.15, 0.2) is 0 Å². The second-order valence-corrected chi connectivity index (χ2v) is 7.05. The molecule has 3 heterocycles. The minimum Gasteiger partial charge on any atom is -0.447 e. The van der Waals surface area contributed by atoms with E-state index in [1.54, 1.807) is 16.7 Å². The molecular formula is C22H22N6O5. The summed E-state index contributed by atoms with van der Waals surface area (Å²) in [5.41, 5.74) is 3.22. The normalized spacial score (nSPS) is 10.8. The van der Waals surface area contributed by atoms with Crippen LogP contribution < -0.4 is 10.6 Å². The molecule has 0 radical (unpaired) electrons. The lowest BCUT2D eigenvalue weighted by Gasteiger charge is -2.09. The van der Waals surface area contributed by atoms with E-state index in [1.165, 1.54) is 13.3 Å². The molecule has 0 spiro atoms. The summed E-state index contributed by atoms with van der Waals surface area (Å²) in [7, 11) is 1.52. The van der Waals surface area contributed by atoms with Gasteiger partial charge in [-0.15, -0.1) is 0 Å². The molecule has 11 nitrogen and oxygen atoms in total. The van der Waals surface area contributed by atoms with E-state index in [0.717, 1.165) is 5.56 Å². The van der Waals surface area contributed by atoms with Gasteiger partial charge in [-0.3, -0.25) is 9.20 Å². The van der Waals surface area contributed by atoms with Crippen LogP contribution in [0.5, 0.6) is 0 Å². The van der Waals surface area contributed by atoms with E-state index in [4.69, 9.17) is 14.0 Å². The fraction of sp³-hybridized carbons (Fsp3) is 0.227. The second kappa shape index (κ2) is 9.92. The van der Waals surface area contributed by atoms with Crippen LogP contribution >= 0.6 is 0 Å². The molecule has 0 aliphatic heterocycles. The number of methoxy groups -OCH3 is 1. The Bertz CT molecular complexity index is 1280. The Morgan fingerprint density at radius 1 is 1.18 bits per heavy atom. The number of rotatable bonds is 8. The maximum atomic E-state index is 12.9. The van der Waals surface area contributed by atoms with E-state index in [1.807, 2.05) is 37.3 Å². The summed E-state index contributed by atoms with van der Waals surface area (Å²) in [6, 6.07) is 10.9. The minimum atomic E-state index is -0.612. The number of amides is 2. The van der Waals surface area contributed by atoms with Crippen LogP contribution in [0.4, 0.5) is 10.5 Å². The molecule has 4 aromatic rings. The SMILES string of the molecule is COCCOC(=O)NCc1nc(-c2ccc(C)c(NC(=O)c3cnc4ccccn34)c2)no1. The first-order chi connectivity index (χ1) is 16.0. The van der Waals surface area contributed by atoms with Crippen molar-refractivity contribution in [3.8, 4) is 11.4 Å². The topological polar surface area (TPSA) is 133 Å². The zero-order valence-electron chi connectivity index (χ0n) is 18.1. The number of aromatic nitrogens is 4.